The Morgan fingerprint density at radius 3 is 1.82 bits per heavy atom. The molecule has 0 aliphatic carbocycles. The van der Waals surface area contributed by atoms with Crippen molar-refractivity contribution in [3.05, 3.63) is 35.6 Å². The molecule has 3 nitrogen and oxygen atoms in total. The molecule has 0 aliphatic heterocycles. The third-order valence-corrected chi connectivity index (χ3v) is 5.14. The summed E-state index contributed by atoms with van der Waals surface area (Å²) >= 11 is 0. The van der Waals surface area contributed by atoms with Crippen LogP contribution in [0.1, 0.15) is 84.6 Å². The Kier molecular flexibility index (Phi) is 13.4. The summed E-state index contributed by atoms with van der Waals surface area (Å²) in [6.07, 6.45) is 10.3. The Hall–Kier alpha value is -0.970. The first-order valence-electron chi connectivity index (χ1n) is 11.3. The number of unbranched alkanes of at least 4 members (excludes halogenated alkanes) is 5. The molecule has 1 aromatic rings. The standard InChI is InChI=1S/C24H41FO3/c1-5-9-10-11-12-13-14-22(18-15-21-16-19-23(25)20-17-21)24(26-6-2,27-7-3)28-8-4/h16-17,19-20,22H,5-15,18H2,1-4H3. The number of hydrogen-bond acceptors (Lipinski definition) is 3. The summed E-state index contributed by atoms with van der Waals surface area (Å²) in [4.78, 5) is 0. The highest BCUT2D eigenvalue weighted by Crippen LogP contribution is 2.34. The molecule has 0 saturated carbocycles. The van der Waals surface area contributed by atoms with Crippen LogP contribution in [0.2, 0.25) is 0 Å². The molecule has 0 spiro atoms. The van der Waals surface area contributed by atoms with Gasteiger partial charge in [0.1, 0.15) is 5.82 Å². The Labute approximate surface area is 172 Å². The molecule has 1 aromatic carbocycles. The molecule has 1 atom stereocenters. The molecule has 0 N–H and O–H groups in total. The smallest absolute Gasteiger partial charge is 0.285 e. The van der Waals surface area contributed by atoms with Crippen molar-refractivity contribution in [2.45, 2.75) is 91.5 Å². The molecular weight excluding hydrogens is 355 g/mol. The van der Waals surface area contributed by atoms with Crippen LogP contribution in [0, 0.1) is 11.7 Å². The summed E-state index contributed by atoms with van der Waals surface area (Å²) in [6, 6.07) is 6.78. The highest BCUT2D eigenvalue weighted by Gasteiger charge is 2.41. The second-order valence-electron chi connectivity index (χ2n) is 7.32. The summed E-state index contributed by atoms with van der Waals surface area (Å²) < 4.78 is 31.4. The quantitative estimate of drug-likeness (QED) is 0.212. The predicted molar refractivity (Wildman–Crippen MR) is 114 cm³/mol. The van der Waals surface area contributed by atoms with E-state index >= 15 is 0 Å². The Bertz CT molecular complexity index is 472. The van der Waals surface area contributed by atoms with Gasteiger partial charge in [0.05, 0.1) is 0 Å². The average Bonchev–Trinajstić information content (AvgIpc) is 2.68. The van der Waals surface area contributed by atoms with Gasteiger partial charge in [0, 0.05) is 25.7 Å². The average molecular weight is 397 g/mol. The molecule has 0 saturated heterocycles. The van der Waals surface area contributed by atoms with E-state index in [1.54, 1.807) is 0 Å². The Balaban J connectivity index is 2.81. The van der Waals surface area contributed by atoms with Crippen LogP contribution in [0.4, 0.5) is 4.39 Å². The van der Waals surface area contributed by atoms with Gasteiger partial charge in [-0.3, -0.25) is 0 Å². The minimum atomic E-state index is -0.984. The molecule has 0 amide bonds. The Morgan fingerprint density at radius 2 is 1.29 bits per heavy atom. The first-order valence-corrected chi connectivity index (χ1v) is 11.3. The van der Waals surface area contributed by atoms with Gasteiger partial charge >= 0.3 is 0 Å². The molecule has 0 bridgehead atoms. The van der Waals surface area contributed by atoms with Gasteiger partial charge in [-0.15, -0.1) is 0 Å². The zero-order valence-corrected chi connectivity index (χ0v) is 18.5. The molecule has 1 unspecified atom stereocenters. The lowest BCUT2D eigenvalue weighted by Crippen LogP contribution is -2.47. The molecule has 4 heteroatoms. The van der Waals surface area contributed by atoms with Gasteiger partial charge in [-0.05, 0) is 57.7 Å². The molecule has 0 radical (unpaired) electrons. The lowest BCUT2D eigenvalue weighted by molar-refractivity contribution is -0.403. The van der Waals surface area contributed by atoms with E-state index in [2.05, 4.69) is 6.92 Å². The summed E-state index contributed by atoms with van der Waals surface area (Å²) in [5, 5.41) is 0. The van der Waals surface area contributed by atoms with Crippen molar-refractivity contribution in [1.29, 1.82) is 0 Å². The summed E-state index contributed by atoms with van der Waals surface area (Å²) in [5.41, 5.74) is 1.13. The maximum Gasteiger partial charge on any atom is 0.285 e. The van der Waals surface area contributed by atoms with Crippen molar-refractivity contribution in [3.63, 3.8) is 0 Å². The lowest BCUT2D eigenvalue weighted by Gasteiger charge is -2.39. The molecule has 28 heavy (non-hydrogen) atoms. The van der Waals surface area contributed by atoms with Gasteiger partial charge in [-0.25, -0.2) is 4.39 Å². The van der Waals surface area contributed by atoms with E-state index in [1.807, 2.05) is 32.9 Å². The molecule has 1 rings (SSSR count). The summed E-state index contributed by atoms with van der Waals surface area (Å²) in [5.74, 6) is -1.04. The van der Waals surface area contributed by atoms with Gasteiger partial charge in [0.2, 0.25) is 0 Å². The van der Waals surface area contributed by atoms with Crippen molar-refractivity contribution in [2.75, 3.05) is 19.8 Å². The van der Waals surface area contributed by atoms with E-state index in [0.29, 0.717) is 19.8 Å². The zero-order valence-electron chi connectivity index (χ0n) is 18.5. The largest absolute Gasteiger partial charge is 0.328 e. The normalized spacial score (nSPS) is 13.0. The monoisotopic (exact) mass is 396 g/mol. The zero-order chi connectivity index (χ0) is 20.7. The van der Waals surface area contributed by atoms with E-state index in [-0.39, 0.29) is 11.7 Å². The first kappa shape index (κ1) is 25.1. The molecular formula is C24H41FO3. The van der Waals surface area contributed by atoms with E-state index in [0.717, 1.165) is 31.2 Å². The third-order valence-electron chi connectivity index (χ3n) is 5.14. The van der Waals surface area contributed by atoms with Gasteiger partial charge in [-0.2, -0.15) is 0 Å². The van der Waals surface area contributed by atoms with Crippen LogP contribution >= 0.6 is 0 Å². The van der Waals surface area contributed by atoms with Crippen LogP contribution in [0.15, 0.2) is 24.3 Å². The lowest BCUT2D eigenvalue weighted by atomic mass is 9.91. The van der Waals surface area contributed by atoms with Crippen LogP contribution < -0.4 is 0 Å². The van der Waals surface area contributed by atoms with Gasteiger partial charge < -0.3 is 14.2 Å². The SMILES string of the molecule is CCCCCCCCC(CCc1ccc(F)cc1)C(OCC)(OCC)OCC. The minimum Gasteiger partial charge on any atom is -0.328 e. The molecule has 162 valence electrons. The van der Waals surface area contributed by atoms with E-state index < -0.39 is 5.97 Å². The number of ether oxygens (including phenoxy) is 3. The maximum absolute atomic E-state index is 13.2. The Morgan fingerprint density at radius 1 is 0.750 bits per heavy atom. The number of halogens is 1. The third kappa shape index (κ3) is 9.02. The van der Waals surface area contributed by atoms with Crippen molar-refractivity contribution in [3.8, 4) is 0 Å². The van der Waals surface area contributed by atoms with Crippen molar-refractivity contribution in [2.24, 2.45) is 5.92 Å². The van der Waals surface area contributed by atoms with E-state index in [4.69, 9.17) is 14.2 Å². The topological polar surface area (TPSA) is 27.7 Å². The summed E-state index contributed by atoms with van der Waals surface area (Å²) in [6.45, 7) is 9.82. The number of rotatable bonds is 17. The number of hydrogen-bond donors (Lipinski definition) is 0. The fourth-order valence-corrected chi connectivity index (χ4v) is 3.74. The second-order valence-corrected chi connectivity index (χ2v) is 7.32. The van der Waals surface area contributed by atoms with Gasteiger partial charge in [0.15, 0.2) is 0 Å². The molecule has 0 aliphatic rings. The predicted octanol–water partition coefficient (Wildman–Crippen LogP) is 6.89. The van der Waals surface area contributed by atoms with Crippen LogP contribution in [0.3, 0.4) is 0 Å². The van der Waals surface area contributed by atoms with Gasteiger partial charge in [0.25, 0.3) is 5.97 Å². The highest BCUT2D eigenvalue weighted by atomic mass is 19.1. The van der Waals surface area contributed by atoms with Crippen LogP contribution in [-0.2, 0) is 20.6 Å². The fraction of sp³-hybridized carbons (Fsp3) is 0.750. The molecule has 0 fully saturated rings. The van der Waals surface area contributed by atoms with E-state index in [1.165, 1.54) is 44.2 Å². The summed E-state index contributed by atoms with van der Waals surface area (Å²) in [7, 11) is 0. The first-order chi connectivity index (χ1) is 13.6. The highest BCUT2D eigenvalue weighted by molar-refractivity contribution is 5.16. The van der Waals surface area contributed by atoms with Crippen molar-refractivity contribution < 1.29 is 18.6 Å². The minimum absolute atomic E-state index is 0.142. The molecule has 0 heterocycles. The van der Waals surface area contributed by atoms with Crippen molar-refractivity contribution >= 4 is 0 Å². The van der Waals surface area contributed by atoms with Crippen LogP contribution in [0.25, 0.3) is 0 Å². The van der Waals surface area contributed by atoms with Crippen LogP contribution in [0.5, 0.6) is 0 Å². The second kappa shape index (κ2) is 14.9. The van der Waals surface area contributed by atoms with Gasteiger partial charge in [-0.1, -0.05) is 57.6 Å². The maximum atomic E-state index is 13.2. The fourth-order valence-electron chi connectivity index (χ4n) is 3.74. The number of aryl methyl sites for hydroxylation is 1. The van der Waals surface area contributed by atoms with Crippen LogP contribution in [-0.4, -0.2) is 25.8 Å². The number of benzene rings is 1. The van der Waals surface area contributed by atoms with Crippen molar-refractivity contribution in [1.82, 2.24) is 0 Å². The van der Waals surface area contributed by atoms with E-state index in [9.17, 15) is 4.39 Å². The molecule has 0 aromatic heterocycles.